The lowest BCUT2D eigenvalue weighted by Crippen LogP contribution is -1.83. The number of rotatable bonds is 3. The van der Waals surface area contributed by atoms with E-state index in [4.69, 9.17) is 0 Å². The van der Waals surface area contributed by atoms with Crippen LogP contribution in [-0.4, -0.2) is 14.5 Å². The molecule has 0 atom stereocenters. The van der Waals surface area contributed by atoms with Crippen LogP contribution in [-0.2, 0) is 0 Å². The summed E-state index contributed by atoms with van der Waals surface area (Å²) in [6.45, 7) is 6.08. The maximum Gasteiger partial charge on any atom is 0.187 e. The van der Waals surface area contributed by atoms with Crippen LogP contribution in [0.4, 0.5) is 11.5 Å². The number of aromatic hydroxyl groups is 1. The maximum absolute atomic E-state index is 10.2. The SMILES string of the molecule is Cc1ccc(-c2nc3c(O)cccn3c2N=Nc2c(C)cccc2C)cc1. The highest BCUT2D eigenvalue weighted by Gasteiger charge is 2.16. The van der Waals surface area contributed by atoms with E-state index < -0.39 is 0 Å². The molecule has 5 nitrogen and oxygen atoms in total. The standard InChI is InChI=1S/C22H20N4O/c1-14-9-11-17(12-10-14)20-22(26-13-5-8-18(27)21(26)23-20)25-24-19-15(2)6-4-7-16(19)3/h4-13,27H,1-3H3. The largest absolute Gasteiger partial charge is 0.504 e. The fourth-order valence-electron chi connectivity index (χ4n) is 3.10. The lowest BCUT2D eigenvalue weighted by Gasteiger charge is -2.04. The first-order valence-electron chi connectivity index (χ1n) is 8.79. The predicted octanol–water partition coefficient (Wildman–Crippen LogP) is 6.05. The molecule has 0 saturated carbocycles. The van der Waals surface area contributed by atoms with Crippen molar-refractivity contribution in [3.05, 3.63) is 77.5 Å². The van der Waals surface area contributed by atoms with Crippen LogP contribution in [0.5, 0.6) is 5.75 Å². The first-order valence-corrected chi connectivity index (χ1v) is 8.79. The lowest BCUT2D eigenvalue weighted by molar-refractivity contribution is 0.477. The monoisotopic (exact) mass is 356 g/mol. The Hall–Kier alpha value is -3.47. The van der Waals surface area contributed by atoms with Gasteiger partial charge >= 0.3 is 0 Å². The molecule has 0 aliphatic rings. The topological polar surface area (TPSA) is 62.2 Å². The van der Waals surface area contributed by atoms with Crippen molar-refractivity contribution in [2.45, 2.75) is 20.8 Å². The van der Waals surface area contributed by atoms with Gasteiger partial charge in [0.05, 0.1) is 5.69 Å². The van der Waals surface area contributed by atoms with Gasteiger partial charge in [-0.05, 0) is 44.0 Å². The molecule has 0 aliphatic heterocycles. The van der Waals surface area contributed by atoms with Crippen molar-refractivity contribution < 1.29 is 5.11 Å². The van der Waals surface area contributed by atoms with Gasteiger partial charge in [0.1, 0.15) is 5.69 Å². The Balaban J connectivity index is 1.93. The van der Waals surface area contributed by atoms with Gasteiger partial charge in [0.15, 0.2) is 17.2 Å². The second kappa shape index (κ2) is 6.68. The Labute approximate surface area is 157 Å². The van der Waals surface area contributed by atoms with E-state index in [1.807, 2.05) is 69.4 Å². The number of imidazole rings is 1. The maximum atomic E-state index is 10.2. The van der Waals surface area contributed by atoms with Crippen molar-refractivity contribution in [2.24, 2.45) is 10.2 Å². The minimum Gasteiger partial charge on any atom is -0.504 e. The van der Waals surface area contributed by atoms with Crippen LogP contribution in [0.3, 0.4) is 0 Å². The molecule has 4 rings (SSSR count). The molecule has 0 radical (unpaired) electrons. The Morgan fingerprint density at radius 2 is 1.56 bits per heavy atom. The molecule has 0 aliphatic carbocycles. The van der Waals surface area contributed by atoms with Gasteiger partial charge in [-0.3, -0.25) is 4.40 Å². The summed E-state index contributed by atoms with van der Waals surface area (Å²) < 4.78 is 1.77. The average molecular weight is 356 g/mol. The quantitative estimate of drug-likeness (QED) is 0.454. The third-order valence-corrected chi connectivity index (χ3v) is 4.61. The van der Waals surface area contributed by atoms with Gasteiger partial charge in [-0.25, -0.2) is 4.98 Å². The zero-order valence-electron chi connectivity index (χ0n) is 15.5. The second-order valence-electron chi connectivity index (χ2n) is 6.68. The number of hydrogen-bond donors (Lipinski definition) is 1. The minimum atomic E-state index is 0.111. The number of benzene rings is 2. The molecule has 0 fully saturated rings. The van der Waals surface area contributed by atoms with Crippen molar-refractivity contribution in [1.29, 1.82) is 0 Å². The van der Waals surface area contributed by atoms with Crippen LogP contribution >= 0.6 is 0 Å². The van der Waals surface area contributed by atoms with Crippen LogP contribution in [0.25, 0.3) is 16.9 Å². The Kier molecular flexibility index (Phi) is 4.20. The average Bonchev–Trinajstić information content (AvgIpc) is 3.02. The summed E-state index contributed by atoms with van der Waals surface area (Å²) in [4.78, 5) is 4.63. The highest BCUT2D eigenvalue weighted by molar-refractivity contribution is 5.76. The predicted molar refractivity (Wildman–Crippen MR) is 107 cm³/mol. The summed E-state index contributed by atoms with van der Waals surface area (Å²) in [5.74, 6) is 0.701. The number of azo groups is 1. The summed E-state index contributed by atoms with van der Waals surface area (Å²) in [6, 6.07) is 17.5. The molecule has 2 aromatic heterocycles. The summed E-state index contributed by atoms with van der Waals surface area (Å²) in [7, 11) is 0. The number of aromatic nitrogens is 2. The normalized spacial score (nSPS) is 11.5. The van der Waals surface area contributed by atoms with E-state index in [9.17, 15) is 5.11 Å². The van der Waals surface area contributed by atoms with E-state index in [2.05, 4.69) is 15.2 Å². The highest BCUT2D eigenvalue weighted by Crippen LogP contribution is 2.35. The summed E-state index contributed by atoms with van der Waals surface area (Å²) in [6.07, 6.45) is 1.83. The van der Waals surface area contributed by atoms with Gasteiger partial charge in [-0.1, -0.05) is 48.0 Å². The van der Waals surface area contributed by atoms with Gasteiger partial charge in [0.2, 0.25) is 0 Å². The van der Waals surface area contributed by atoms with Crippen molar-refractivity contribution in [3.8, 4) is 17.0 Å². The minimum absolute atomic E-state index is 0.111. The molecule has 27 heavy (non-hydrogen) atoms. The molecule has 0 saturated heterocycles. The molecule has 2 heterocycles. The van der Waals surface area contributed by atoms with Crippen LogP contribution in [0.1, 0.15) is 16.7 Å². The first kappa shape index (κ1) is 17.0. The molecule has 4 aromatic rings. The highest BCUT2D eigenvalue weighted by atomic mass is 16.3. The molecule has 5 heteroatoms. The molecular weight excluding hydrogens is 336 g/mol. The van der Waals surface area contributed by atoms with Crippen LogP contribution in [0.2, 0.25) is 0 Å². The smallest absolute Gasteiger partial charge is 0.187 e. The molecule has 0 amide bonds. The van der Waals surface area contributed by atoms with E-state index in [0.717, 1.165) is 22.4 Å². The summed E-state index contributed by atoms with van der Waals surface area (Å²) >= 11 is 0. The van der Waals surface area contributed by atoms with Gasteiger partial charge < -0.3 is 5.11 Å². The number of fused-ring (bicyclic) bond motifs is 1. The number of nitrogens with zero attached hydrogens (tertiary/aromatic N) is 4. The van der Waals surface area contributed by atoms with Crippen molar-refractivity contribution >= 4 is 17.2 Å². The summed E-state index contributed by atoms with van der Waals surface area (Å²) in [5, 5.41) is 19.3. The van der Waals surface area contributed by atoms with Crippen molar-refractivity contribution in [3.63, 3.8) is 0 Å². The third kappa shape index (κ3) is 3.08. The van der Waals surface area contributed by atoms with Gasteiger partial charge in [-0.15, -0.1) is 10.2 Å². The Morgan fingerprint density at radius 1 is 0.852 bits per heavy atom. The fraction of sp³-hybridized carbons (Fsp3) is 0.136. The van der Waals surface area contributed by atoms with Crippen LogP contribution < -0.4 is 0 Å². The number of hydrogen-bond acceptors (Lipinski definition) is 4. The zero-order chi connectivity index (χ0) is 19.0. The molecule has 0 bridgehead atoms. The third-order valence-electron chi connectivity index (χ3n) is 4.61. The molecule has 0 spiro atoms. The lowest BCUT2D eigenvalue weighted by atomic mass is 10.1. The van der Waals surface area contributed by atoms with Crippen LogP contribution in [0, 0.1) is 20.8 Å². The van der Waals surface area contributed by atoms with Crippen molar-refractivity contribution in [2.75, 3.05) is 0 Å². The van der Waals surface area contributed by atoms with Crippen LogP contribution in [0.15, 0.2) is 71.0 Å². The molecule has 0 unspecified atom stereocenters. The number of pyridine rings is 1. The Morgan fingerprint density at radius 3 is 2.26 bits per heavy atom. The summed E-state index contributed by atoms with van der Waals surface area (Å²) in [5.41, 5.74) is 6.22. The van der Waals surface area contributed by atoms with Gasteiger partial charge in [0.25, 0.3) is 0 Å². The van der Waals surface area contributed by atoms with E-state index in [-0.39, 0.29) is 5.75 Å². The number of aryl methyl sites for hydroxylation is 3. The van der Waals surface area contributed by atoms with E-state index in [0.29, 0.717) is 17.2 Å². The van der Waals surface area contributed by atoms with E-state index in [1.165, 1.54) is 5.56 Å². The molecular formula is C22H20N4O. The van der Waals surface area contributed by atoms with Gasteiger partial charge in [0, 0.05) is 11.8 Å². The van der Waals surface area contributed by atoms with E-state index in [1.54, 1.807) is 16.5 Å². The zero-order valence-corrected chi connectivity index (χ0v) is 15.5. The van der Waals surface area contributed by atoms with E-state index >= 15 is 0 Å². The fourth-order valence-corrected chi connectivity index (χ4v) is 3.10. The molecule has 2 aromatic carbocycles. The second-order valence-corrected chi connectivity index (χ2v) is 6.68. The molecule has 1 N–H and O–H groups in total. The Bertz CT molecular complexity index is 1140. The molecule has 134 valence electrons. The van der Waals surface area contributed by atoms with Gasteiger partial charge in [-0.2, -0.15) is 0 Å². The van der Waals surface area contributed by atoms with Crippen molar-refractivity contribution in [1.82, 2.24) is 9.38 Å². The first-order chi connectivity index (χ1) is 13.0.